The Balaban J connectivity index is 1.70. The molecule has 1 aliphatic rings. The van der Waals surface area contributed by atoms with E-state index in [-0.39, 0.29) is 31.0 Å². The summed E-state index contributed by atoms with van der Waals surface area (Å²) < 4.78 is 25.6. The normalized spacial score (nSPS) is 16.3. The zero-order chi connectivity index (χ0) is 19.2. The van der Waals surface area contributed by atoms with Crippen LogP contribution in [0.2, 0.25) is 0 Å². The summed E-state index contributed by atoms with van der Waals surface area (Å²) in [6.45, 7) is 5.20. The van der Waals surface area contributed by atoms with E-state index in [2.05, 4.69) is 0 Å². The van der Waals surface area contributed by atoms with Crippen molar-refractivity contribution < 1.29 is 18.7 Å². The minimum Gasteiger partial charge on any atom is -0.483 e. The second kappa shape index (κ2) is 9.00. The van der Waals surface area contributed by atoms with Gasteiger partial charge in [0.05, 0.1) is 6.10 Å². The fourth-order valence-corrected chi connectivity index (χ4v) is 3.37. The van der Waals surface area contributed by atoms with Crippen molar-refractivity contribution in [1.82, 2.24) is 4.90 Å². The zero-order valence-corrected chi connectivity index (χ0v) is 15.9. The van der Waals surface area contributed by atoms with Crippen LogP contribution in [-0.4, -0.2) is 36.7 Å². The fourth-order valence-electron chi connectivity index (χ4n) is 3.37. The lowest BCUT2D eigenvalue weighted by Gasteiger charge is -2.26. The maximum Gasteiger partial charge on any atom is 0.260 e. The minimum absolute atomic E-state index is 0.000853. The summed E-state index contributed by atoms with van der Waals surface area (Å²) in [6.07, 6.45) is 1.91. The van der Waals surface area contributed by atoms with Crippen LogP contribution in [0.4, 0.5) is 4.39 Å². The number of hydrogen-bond acceptors (Lipinski definition) is 3. The van der Waals surface area contributed by atoms with E-state index >= 15 is 0 Å². The van der Waals surface area contributed by atoms with Crippen LogP contribution >= 0.6 is 0 Å². The Morgan fingerprint density at radius 2 is 1.93 bits per heavy atom. The molecule has 2 aromatic rings. The maximum absolute atomic E-state index is 14.1. The molecule has 0 N–H and O–H groups in total. The Labute approximate surface area is 159 Å². The summed E-state index contributed by atoms with van der Waals surface area (Å²) in [5.74, 6) is 0.253. The summed E-state index contributed by atoms with van der Waals surface area (Å²) in [5, 5.41) is 0. The first-order valence-electron chi connectivity index (χ1n) is 9.36. The number of para-hydroxylation sites is 1. The van der Waals surface area contributed by atoms with E-state index in [1.807, 2.05) is 32.0 Å². The average Bonchev–Trinajstić information content (AvgIpc) is 3.15. The van der Waals surface area contributed by atoms with Crippen LogP contribution in [0.25, 0.3) is 0 Å². The summed E-state index contributed by atoms with van der Waals surface area (Å²) in [5.41, 5.74) is 2.47. The van der Waals surface area contributed by atoms with Crippen molar-refractivity contribution >= 4 is 5.91 Å². The molecule has 5 heteroatoms. The Kier molecular flexibility index (Phi) is 6.45. The van der Waals surface area contributed by atoms with E-state index in [1.54, 1.807) is 23.1 Å². The van der Waals surface area contributed by atoms with Gasteiger partial charge in [0.25, 0.3) is 5.91 Å². The second-order valence-corrected chi connectivity index (χ2v) is 7.01. The van der Waals surface area contributed by atoms with Crippen molar-refractivity contribution in [3.8, 4) is 5.75 Å². The molecule has 1 heterocycles. The molecule has 0 radical (unpaired) electrons. The molecule has 0 saturated carbocycles. The highest BCUT2D eigenvalue weighted by atomic mass is 19.1. The van der Waals surface area contributed by atoms with Gasteiger partial charge in [-0.05, 0) is 43.9 Å². The number of halogens is 1. The average molecular weight is 371 g/mol. The van der Waals surface area contributed by atoms with Gasteiger partial charge in [-0.1, -0.05) is 36.4 Å². The molecule has 0 aliphatic carbocycles. The molecule has 1 atom stereocenters. The lowest BCUT2D eigenvalue weighted by atomic mass is 10.1. The third kappa shape index (κ3) is 5.07. The molecule has 1 aliphatic heterocycles. The van der Waals surface area contributed by atoms with E-state index in [0.29, 0.717) is 18.7 Å². The van der Waals surface area contributed by atoms with Gasteiger partial charge in [-0.25, -0.2) is 4.39 Å². The van der Waals surface area contributed by atoms with Gasteiger partial charge in [0.1, 0.15) is 11.6 Å². The Bertz CT molecular complexity index is 767. The molecule has 27 heavy (non-hydrogen) atoms. The zero-order valence-electron chi connectivity index (χ0n) is 15.9. The largest absolute Gasteiger partial charge is 0.483 e. The van der Waals surface area contributed by atoms with E-state index in [0.717, 1.165) is 29.7 Å². The molecule has 2 aromatic carbocycles. The van der Waals surface area contributed by atoms with Crippen LogP contribution in [0.5, 0.6) is 5.75 Å². The number of aryl methyl sites for hydroxylation is 2. The highest BCUT2D eigenvalue weighted by molar-refractivity contribution is 5.78. The third-order valence-corrected chi connectivity index (χ3v) is 4.87. The number of carbonyl (C=O) groups excluding carboxylic acids is 1. The molecule has 0 bridgehead atoms. The van der Waals surface area contributed by atoms with Gasteiger partial charge < -0.3 is 14.4 Å². The molecule has 144 valence electrons. The first-order chi connectivity index (χ1) is 13.0. The van der Waals surface area contributed by atoms with Crippen LogP contribution < -0.4 is 4.74 Å². The van der Waals surface area contributed by atoms with E-state index in [9.17, 15) is 9.18 Å². The summed E-state index contributed by atoms with van der Waals surface area (Å²) in [4.78, 5) is 14.5. The molecule has 0 aromatic heterocycles. The van der Waals surface area contributed by atoms with Gasteiger partial charge in [0.15, 0.2) is 6.61 Å². The Morgan fingerprint density at radius 1 is 1.19 bits per heavy atom. The smallest absolute Gasteiger partial charge is 0.260 e. The number of carbonyl (C=O) groups is 1. The quantitative estimate of drug-likeness (QED) is 0.738. The van der Waals surface area contributed by atoms with Gasteiger partial charge in [-0.3, -0.25) is 4.79 Å². The highest BCUT2D eigenvalue weighted by Crippen LogP contribution is 2.23. The molecule has 1 saturated heterocycles. The molecule has 4 nitrogen and oxygen atoms in total. The first kappa shape index (κ1) is 19.4. The molecule has 1 unspecified atom stereocenters. The monoisotopic (exact) mass is 371 g/mol. The van der Waals surface area contributed by atoms with E-state index in [1.165, 1.54) is 6.07 Å². The van der Waals surface area contributed by atoms with Crippen molar-refractivity contribution in [2.24, 2.45) is 0 Å². The lowest BCUT2D eigenvalue weighted by Crippen LogP contribution is -2.39. The van der Waals surface area contributed by atoms with Crippen LogP contribution in [0, 0.1) is 19.7 Å². The SMILES string of the molecule is Cc1cccc(C)c1OCC(=O)N(Cc1ccccc1F)CC1CCCO1. The number of rotatable bonds is 7. The number of benzene rings is 2. The minimum atomic E-state index is -0.307. The number of hydrogen-bond donors (Lipinski definition) is 0. The first-order valence-corrected chi connectivity index (χ1v) is 9.36. The van der Waals surface area contributed by atoms with Crippen molar-refractivity contribution in [2.45, 2.75) is 39.3 Å². The van der Waals surface area contributed by atoms with Crippen LogP contribution in [0.1, 0.15) is 29.5 Å². The van der Waals surface area contributed by atoms with Crippen molar-refractivity contribution in [3.05, 3.63) is 65.0 Å². The fraction of sp³-hybridized carbons (Fsp3) is 0.409. The predicted molar refractivity (Wildman–Crippen MR) is 102 cm³/mol. The van der Waals surface area contributed by atoms with Crippen LogP contribution in [-0.2, 0) is 16.1 Å². The molecule has 0 spiro atoms. The molecule has 3 rings (SSSR count). The van der Waals surface area contributed by atoms with Gasteiger partial charge in [0.2, 0.25) is 0 Å². The van der Waals surface area contributed by atoms with Crippen LogP contribution in [0.15, 0.2) is 42.5 Å². The van der Waals surface area contributed by atoms with Crippen LogP contribution in [0.3, 0.4) is 0 Å². The topological polar surface area (TPSA) is 38.8 Å². The maximum atomic E-state index is 14.1. The van der Waals surface area contributed by atoms with Gasteiger partial charge in [0, 0.05) is 25.3 Å². The second-order valence-electron chi connectivity index (χ2n) is 7.01. The Hall–Kier alpha value is -2.40. The number of ether oxygens (including phenoxy) is 2. The molecule has 1 amide bonds. The van der Waals surface area contributed by atoms with Gasteiger partial charge >= 0.3 is 0 Å². The summed E-state index contributed by atoms with van der Waals surface area (Å²) in [6, 6.07) is 12.4. The van der Waals surface area contributed by atoms with Crippen molar-refractivity contribution in [1.29, 1.82) is 0 Å². The number of amides is 1. The lowest BCUT2D eigenvalue weighted by molar-refractivity contribution is -0.135. The molecule has 1 fully saturated rings. The predicted octanol–water partition coefficient (Wildman–Crippen LogP) is 4.03. The van der Waals surface area contributed by atoms with Crippen molar-refractivity contribution in [2.75, 3.05) is 19.8 Å². The van der Waals surface area contributed by atoms with E-state index < -0.39 is 0 Å². The van der Waals surface area contributed by atoms with E-state index in [4.69, 9.17) is 9.47 Å². The third-order valence-electron chi connectivity index (χ3n) is 4.87. The summed E-state index contributed by atoms with van der Waals surface area (Å²) >= 11 is 0. The summed E-state index contributed by atoms with van der Waals surface area (Å²) in [7, 11) is 0. The van der Waals surface area contributed by atoms with Gasteiger partial charge in [-0.15, -0.1) is 0 Å². The standard InChI is InChI=1S/C22H26FNO3/c1-16-7-5-8-17(2)22(16)27-15-21(25)24(14-19-10-6-12-26-19)13-18-9-3-4-11-20(18)23/h3-5,7-9,11,19H,6,10,12-15H2,1-2H3. The molecular weight excluding hydrogens is 345 g/mol. The highest BCUT2D eigenvalue weighted by Gasteiger charge is 2.24. The van der Waals surface area contributed by atoms with Gasteiger partial charge in [-0.2, -0.15) is 0 Å². The molecular formula is C22H26FNO3. The van der Waals surface area contributed by atoms with Crippen molar-refractivity contribution in [3.63, 3.8) is 0 Å². The Morgan fingerprint density at radius 3 is 2.59 bits per heavy atom. The number of nitrogens with zero attached hydrogens (tertiary/aromatic N) is 1.